The standard InChI is InChI=1S/C18H21NO2/c1-14(2)15-6-4-5-7-16(15)17(19-3)8-10-18(11-9-17)20-12-13-21-18/h4-7H,1,8-13H2,2H3. The molecule has 1 heterocycles. The average molecular weight is 283 g/mol. The molecule has 1 aromatic rings. The van der Waals surface area contributed by atoms with E-state index in [1.54, 1.807) is 0 Å². The summed E-state index contributed by atoms with van der Waals surface area (Å²) in [5.41, 5.74) is 2.77. The van der Waals surface area contributed by atoms with Gasteiger partial charge < -0.3 is 14.3 Å². The van der Waals surface area contributed by atoms with Crippen molar-refractivity contribution in [2.45, 2.75) is 43.9 Å². The molecule has 3 heteroatoms. The van der Waals surface area contributed by atoms with E-state index in [1.165, 1.54) is 0 Å². The predicted molar refractivity (Wildman–Crippen MR) is 82.5 cm³/mol. The maximum Gasteiger partial charge on any atom is 0.258 e. The molecule has 1 saturated carbocycles. The van der Waals surface area contributed by atoms with E-state index in [9.17, 15) is 0 Å². The summed E-state index contributed by atoms with van der Waals surface area (Å²) < 4.78 is 11.6. The smallest absolute Gasteiger partial charge is 0.258 e. The fraction of sp³-hybridized carbons (Fsp3) is 0.500. The van der Waals surface area contributed by atoms with Crippen molar-refractivity contribution in [2.75, 3.05) is 13.2 Å². The Hall–Kier alpha value is -1.63. The van der Waals surface area contributed by atoms with Crippen LogP contribution in [0.25, 0.3) is 10.4 Å². The number of hydrogen-bond donors (Lipinski definition) is 0. The molecule has 1 aliphatic carbocycles. The molecule has 0 bridgehead atoms. The molecule has 1 saturated heterocycles. The van der Waals surface area contributed by atoms with Gasteiger partial charge >= 0.3 is 0 Å². The number of rotatable bonds is 2. The minimum Gasteiger partial charge on any atom is -0.348 e. The summed E-state index contributed by atoms with van der Waals surface area (Å²) in [5, 5.41) is 0. The average Bonchev–Trinajstić information content (AvgIpc) is 2.97. The first kappa shape index (κ1) is 14.3. The molecule has 3 rings (SSSR count). The van der Waals surface area contributed by atoms with Crippen molar-refractivity contribution < 1.29 is 9.47 Å². The van der Waals surface area contributed by atoms with Crippen LogP contribution < -0.4 is 0 Å². The van der Waals surface area contributed by atoms with Gasteiger partial charge in [-0.15, -0.1) is 0 Å². The van der Waals surface area contributed by atoms with Crippen LogP contribution in [-0.4, -0.2) is 19.0 Å². The van der Waals surface area contributed by atoms with Crippen molar-refractivity contribution in [3.05, 3.63) is 53.4 Å². The Morgan fingerprint density at radius 1 is 1.14 bits per heavy atom. The van der Waals surface area contributed by atoms with E-state index in [0.717, 1.165) is 42.4 Å². The van der Waals surface area contributed by atoms with Crippen molar-refractivity contribution in [3.8, 4) is 0 Å². The van der Waals surface area contributed by atoms with Gasteiger partial charge in [-0.2, -0.15) is 0 Å². The molecule has 2 fully saturated rings. The van der Waals surface area contributed by atoms with E-state index in [-0.39, 0.29) is 0 Å². The number of nitrogens with zero attached hydrogens (tertiary/aromatic N) is 1. The van der Waals surface area contributed by atoms with Gasteiger partial charge in [-0.25, -0.2) is 6.57 Å². The molecule has 0 N–H and O–H groups in total. The largest absolute Gasteiger partial charge is 0.348 e. The van der Waals surface area contributed by atoms with Crippen molar-refractivity contribution in [1.29, 1.82) is 0 Å². The zero-order valence-electron chi connectivity index (χ0n) is 12.5. The maximum absolute atomic E-state index is 7.79. The number of allylic oxidation sites excluding steroid dienone is 1. The summed E-state index contributed by atoms with van der Waals surface area (Å²) >= 11 is 0. The van der Waals surface area contributed by atoms with Gasteiger partial charge in [0.05, 0.1) is 13.2 Å². The van der Waals surface area contributed by atoms with E-state index in [4.69, 9.17) is 16.0 Å². The van der Waals surface area contributed by atoms with Gasteiger partial charge in [0.2, 0.25) is 0 Å². The number of ether oxygens (including phenoxy) is 2. The quantitative estimate of drug-likeness (QED) is 0.761. The zero-order valence-corrected chi connectivity index (χ0v) is 12.5. The molecule has 3 nitrogen and oxygen atoms in total. The van der Waals surface area contributed by atoms with Gasteiger partial charge in [0.15, 0.2) is 5.79 Å². The van der Waals surface area contributed by atoms with Gasteiger partial charge in [0.25, 0.3) is 5.54 Å². The molecule has 0 aromatic heterocycles. The van der Waals surface area contributed by atoms with Crippen LogP contribution in [0.2, 0.25) is 0 Å². The van der Waals surface area contributed by atoms with Crippen LogP contribution in [-0.2, 0) is 15.0 Å². The molecule has 0 atom stereocenters. The highest BCUT2D eigenvalue weighted by Gasteiger charge is 2.51. The van der Waals surface area contributed by atoms with E-state index in [0.29, 0.717) is 13.2 Å². The highest BCUT2D eigenvalue weighted by molar-refractivity contribution is 5.66. The summed E-state index contributed by atoms with van der Waals surface area (Å²) in [7, 11) is 0. The Kier molecular flexibility index (Phi) is 3.61. The van der Waals surface area contributed by atoms with Gasteiger partial charge in [-0.3, -0.25) is 0 Å². The summed E-state index contributed by atoms with van der Waals surface area (Å²) in [6.07, 6.45) is 3.14. The molecule has 110 valence electrons. The molecular formula is C18H21NO2. The maximum atomic E-state index is 7.79. The monoisotopic (exact) mass is 283 g/mol. The predicted octanol–water partition coefficient (Wildman–Crippen LogP) is 4.15. The zero-order chi connectivity index (χ0) is 14.9. The molecule has 0 unspecified atom stereocenters. The first-order chi connectivity index (χ1) is 10.1. The van der Waals surface area contributed by atoms with E-state index in [1.807, 2.05) is 19.1 Å². The van der Waals surface area contributed by atoms with E-state index >= 15 is 0 Å². The molecule has 1 spiro atoms. The fourth-order valence-electron chi connectivity index (χ4n) is 3.53. The summed E-state index contributed by atoms with van der Waals surface area (Å²) in [6, 6.07) is 8.17. The summed E-state index contributed by atoms with van der Waals surface area (Å²) in [6.45, 7) is 15.2. The van der Waals surface area contributed by atoms with Crippen LogP contribution in [0.3, 0.4) is 0 Å². The molecule has 1 aliphatic heterocycles. The fourth-order valence-corrected chi connectivity index (χ4v) is 3.53. The minimum absolute atomic E-state index is 0.424. The van der Waals surface area contributed by atoms with Gasteiger partial charge in [0.1, 0.15) is 0 Å². The highest BCUT2D eigenvalue weighted by Crippen LogP contribution is 2.48. The third-order valence-corrected chi connectivity index (χ3v) is 4.75. The summed E-state index contributed by atoms with van der Waals surface area (Å²) in [4.78, 5) is 4.04. The van der Waals surface area contributed by atoms with Crippen LogP contribution in [0.5, 0.6) is 0 Å². The van der Waals surface area contributed by atoms with Gasteiger partial charge in [0, 0.05) is 31.2 Å². The summed E-state index contributed by atoms with van der Waals surface area (Å²) in [5.74, 6) is -0.424. The van der Waals surface area contributed by atoms with Gasteiger partial charge in [-0.05, 0) is 12.5 Å². The van der Waals surface area contributed by atoms with Crippen LogP contribution in [0.1, 0.15) is 43.7 Å². The second kappa shape index (κ2) is 5.29. The van der Waals surface area contributed by atoms with Crippen LogP contribution >= 0.6 is 0 Å². The topological polar surface area (TPSA) is 22.8 Å². The van der Waals surface area contributed by atoms with Crippen molar-refractivity contribution in [2.24, 2.45) is 0 Å². The third-order valence-electron chi connectivity index (χ3n) is 4.75. The molecule has 21 heavy (non-hydrogen) atoms. The number of benzene rings is 1. The van der Waals surface area contributed by atoms with Crippen LogP contribution in [0, 0.1) is 6.57 Å². The lowest BCUT2D eigenvalue weighted by Crippen LogP contribution is -2.41. The van der Waals surface area contributed by atoms with Crippen LogP contribution in [0.15, 0.2) is 30.8 Å². The molecule has 2 aliphatic rings. The third kappa shape index (κ3) is 2.39. The normalized spacial score (nSPS) is 22.9. The number of hydrogen-bond acceptors (Lipinski definition) is 2. The Labute approximate surface area is 126 Å². The van der Waals surface area contributed by atoms with Crippen molar-refractivity contribution in [1.82, 2.24) is 0 Å². The van der Waals surface area contributed by atoms with Crippen LogP contribution in [0.4, 0.5) is 0 Å². The Bertz CT molecular complexity index is 583. The van der Waals surface area contributed by atoms with E-state index in [2.05, 4.69) is 23.6 Å². The second-order valence-electron chi connectivity index (χ2n) is 6.08. The Morgan fingerprint density at radius 3 is 2.33 bits per heavy atom. The second-order valence-corrected chi connectivity index (χ2v) is 6.08. The van der Waals surface area contributed by atoms with E-state index < -0.39 is 11.3 Å². The Balaban J connectivity index is 1.93. The lowest BCUT2D eigenvalue weighted by Gasteiger charge is -2.37. The lowest BCUT2D eigenvalue weighted by molar-refractivity contribution is -0.182. The Morgan fingerprint density at radius 2 is 1.76 bits per heavy atom. The molecular weight excluding hydrogens is 262 g/mol. The SMILES string of the molecule is [C-]#[N+]C1(c2ccccc2C(=C)C)CCC2(CC1)OCCO2. The van der Waals surface area contributed by atoms with Crippen molar-refractivity contribution >= 4 is 5.57 Å². The molecule has 1 aromatic carbocycles. The lowest BCUT2D eigenvalue weighted by atomic mass is 9.73. The first-order valence-electron chi connectivity index (χ1n) is 7.53. The first-order valence-corrected chi connectivity index (χ1v) is 7.53. The highest BCUT2D eigenvalue weighted by atomic mass is 16.7. The molecule has 0 radical (unpaired) electrons. The minimum atomic E-state index is -0.462. The van der Waals surface area contributed by atoms with Crippen molar-refractivity contribution in [3.63, 3.8) is 0 Å². The van der Waals surface area contributed by atoms with Gasteiger partial charge in [-0.1, -0.05) is 36.4 Å². The molecule has 0 amide bonds.